The molecule has 25 heavy (non-hydrogen) atoms. The van der Waals surface area contributed by atoms with Gasteiger partial charge < -0.3 is 9.67 Å². The number of imidazole rings is 1. The van der Waals surface area contributed by atoms with Crippen molar-refractivity contribution in [3.63, 3.8) is 0 Å². The SMILES string of the molecule is OC1(Cn2cnc3ccccc32)CCN(Cc2cccc(F)c2)CC1. The molecule has 1 aliphatic heterocycles. The molecule has 5 heteroatoms. The molecule has 4 rings (SSSR count). The second kappa shape index (κ2) is 6.58. The molecule has 1 aromatic heterocycles. The molecule has 0 radical (unpaired) electrons. The van der Waals surface area contributed by atoms with Gasteiger partial charge in [-0.15, -0.1) is 0 Å². The van der Waals surface area contributed by atoms with Crippen LogP contribution in [0.3, 0.4) is 0 Å². The van der Waals surface area contributed by atoms with Crippen molar-refractivity contribution < 1.29 is 9.50 Å². The zero-order chi connectivity index (χ0) is 17.3. The molecule has 0 unspecified atom stereocenters. The normalized spacial score (nSPS) is 17.8. The standard InChI is InChI=1S/C20H22FN3O/c21-17-5-3-4-16(12-17)13-23-10-8-20(25,9-11-23)14-24-15-22-18-6-1-2-7-19(18)24/h1-7,12,15,25H,8-11,13-14H2. The number of piperidine rings is 1. The minimum absolute atomic E-state index is 0.196. The van der Waals surface area contributed by atoms with Gasteiger partial charge in [0.25, 0.3) is 0 Å². The Balaban J connectivity index is 1.40. The molecule has 1 N–H and O–H groups in total. The van der Waals surface area contributed by atoms with Gasteiger partial charge in [0, 0.05) is 19.6 Å². The largest absolute Gasteiger partial charge is 0.388 e. The lowest BCUT2D eigenvalue weighted by Gasteiger charge is -2.38. The first kappa shape index (κ1) is 16.2. The molecule has 130 valence electrons. The van der Waals surface area contributed by atoms with E-state index >= 15 is 0 Å². The second-order valence-electron chi connectivity index (χ2n) is 6.99. The molecule has 1 fully saturated rings. The van der Waals surface area contributed by atoms with E-state index < -0.39 is 5.60 Å². The highest BCUT2D eigenvalue weighted by Crippen LogP contribution is 2.26. The Hall–Kier alpha value is -2.24. The summed E-state index contributed by atoms with van der Waals surface area (Å²) in [7, 11) is 0. The third-order valence-electron chi connectivity index (χ3n) is 5.07. The van der Waals surface area contributed by atoms with Crippen molar-refractivity contribution in [1.82, 2.24) is 14.5 Å². The first-order valence-electron chi connectivity index (χ1n) is 8.70. The van der Waals surface area contributed by atoms with E-state index in [2.05, 4.69) is 9.88 Å². The molecule has 0 spiro atoms. The first-order valence-corrected chi connectivity index (χ1v) is 8.70. The van der Waals surface area contributed by atoms with Crippen molar-refractivity contribution in [2.75, 3.05) is 13.1 Å². The van der Waals surface area contributed by atoms with Crippen LogP contribution < -0.4 is 0 Å². The average molecular weight is 339 g/mol. The summed E-state index contributed by atoms with van der Waals surface area (Å²) in [6.07, 6.45) is 3.21. The first-order chi connectivity index (χ1) is 12.1. The number of aromatic nitrogens is 2. The van der Waals surface area contributed by atoms with Crippen LogP contribution in [0.1, 0.15) is 18.4 Å². The number of halogens is 1. The summed E-state index contributed by atoms with van der Waals surface area (Å²) in [6.45, 7) is 2.89. The number of rotatable bonds is 4. The predicted molar refractivity (Wildman–Crippen MR) is 95.6 cm³/mol. The highest BCUT2D eigenvalue weighted by Gasteiger charge is 2.33. The van der Waals surface area contributed by atoms with Gasteiger partial charge in [0.1, 0.15) is 5.82 Å². The maximum absolute atomic E-state index is 13.3. The topological polar surface area (TPSA) is 41.3 Å². The quantitative estimate of drug-likeness (QED) is 0.794. The number of aliphatic hydroxyl groups is 1. The van der Waals surface area contributed by atoms with Crippen LogP contribution in [0.15, 0.2) is 54.9 Å². The van der Waals surface area contributed by atoms with Crippen molar-refractivity contribution in [1.29, 1.82) is 0 Å². The smallest absolute Gasteiger partial charge is 0.123 e. The van der Waals surface area contributed by atoms with Crippen LogP contribution in [0.25, 0.3) is 11.0 Å². The van der Waals surface area contributed by atoms with Gasteiger partial charge >= 0.3 is 0 Å². The predicted octanol–water partition coefficient (Wildman–Crippen LogP) is 3.20. The summed E-state index contributed by atoms with van der Waals surface area (Å²) in [5, 5.41) is 11.0. The van der Waals surface area contributed by atoms with Crippen molar-refractivity contribution in [2.45, 2.75) is 31.5 Å². The van der Waals surface area contributed by atoms with Crippen LogP contribution in [0.5, 0.6) is 0 Å². The van der Waals surface area contributed by atoms with E-state index in [0.717, 1.165) is 36.2 Å². The summed E-state index contributed by atoms with van der Waals surface area (Å²) in [5.74, 6) is -0.196. The molecule has 1 saturated heterocycles. The van der Waals surface area contributed by atoms with Crippen LogP contribution in [0.2, 0.25) is 0 Å². The number of benzene rings is 2. The van der Waals surface area contributed by atoms with Gasteiger partial charge in [0.05, 0.1) is 29.5 Å². The van der Waals surface area contributed by atoms with E-state index in [4.69, 9.17) is 0 Å². The van der Waals surface area contributed by atoms with Gasteiger partial charge in [-0.3, -0.25) is 4.90 Å². The Kier molecular flexibility index (Phi) is 4.27. The second-order valence-corrected chi connectivity index (χ2v) is 6.99. The van der Waals surface area contributed by atoms with E-state index in [-0.39, 0.29) is 5.82 Å². The zero-order valence-corrected chi connectivity index (χ0v) is 14.1. The zero-order valence-electron chi connectivity index (χ0n) is 14.1. The van der Waals surface area contributed by atoms with E-state index in [0.29, 0.717) is 19.4 Å². The molecule has 1 aliphatic rings. The average Bonchev–Trinajstić information content (AvgIpc) is 3.00. The molecule has 2 heterocycles. The van der Waals surface area contributed by atoms with Crippen LogP contribution in [0.4, 0.5) is 4.39 Å². The van der Waals surface area contributed by atoms with Crippen LogP contribution in [-0.2, 0) is 13.1 Å². The molecule has 3 aromatic rings. The fourth-order valence-corrected chi connectivity index (χ4v) is 3.63. The lowest BCUT2D eigenvalue weighted by molar-refractivity contribution is -0.0350. The summed E-state index contributed by atoms with van der Waals surface area (Å²) in [4.78, 5) is 6.67. The highest BCUT2D eigenvalue weighted by atomic mass is 19.1. The monoisotopic (exact) mass is 339 g/mol. The van der Waals surface area contributed by atoms with Gasteiger partial charge in [0.15, 0.2) is 0 Å². The fourth-order valence-electron chi connectivity index (χ4n) is 3.63. The highest BCUT2D eigenvalue weighted by molar-refractivity contribution is 5.74. The van der Waals surface area contributed by atoms with Gasteiger partial charge in [-0.2, -0.15) is 0 Å². The molecule has 4 nitrogen and oxygen atoms in total. The molecular weight excluding hydrogens is 317 g/mol. The molecular formula is C20H22FN3O. The van der Waals surface area contributed by atoms with Gasteiger partial charge in [-0.1, -0.05) is 24.3 Å². The number of likely N-dealkylation sites (tertiary alicyclic amines) is 1. The summed E-state index contributed by atoms with van der Waals surface area (Å²) in [5.41, 5.74) is 2.26. The number of fused-ring (bicyclic) bond motifs is 1. The number of para-hydroxylation sites is 2. The Morgan fingerprint density at radius 1 is 1.08 bits per heavy atom. The Morgan fingerprint density at radius 3 is 2.68 bits per heavy atom. The maximum Gasteiger partial charge on any atom is 0.123 e. The van der Waals surface area contributed by atoms with Gasteiger partial charge in [0.2, 0.25) is 0 Å². The van der Waals surface area contributed by atoms with Crippen molar-refractivity contribution in [3.8, 4) is 0 Å². The fraction of sp³-hybridized carbons (Fsp3) is 0.350. The minimum Gasteiger partial charge on any atom is -0.388 e. The molecule has 0 amide bonds. The molecule has 0 bridgehead atoms. The van der Waals surface area contributed by atoms with Crippen LogP contribution in [-0.4, -0.2) is 38.2 Å². The minimum atomic E-state index is -0.720. The molecule has 0 saturated carbocycles. The van der Waals surface area contributed by atoms with Crippen molar-refractivity contribution in [3.05, 3.63) is 66.2 Å². The number of nitrogens with zero attached hydrogens (tertiary/aromatic N) is 3. The number of hydrogen-bond donors (Lipinski definition) is 1. The lowest BCUT2D eigenvalue weighted by atomic mass is 9.91. The molecule has 0 atom stereocenters. The van der Waals surface area contributed by atoms with Crippen LogP contribution >= 0.6 is 0 Å². The third-order valence-corrected chi connectivity index (χ3v) is 5.07. The lowest BCUT2D eigenvalue weighted by Crippen LogP contribution is -2.46. The van der Waals surface area contributed by atoms with Crippen molar-refractivity contribution >= 4 is 11.0 Å². The Morgan fingerprint density at radius 2 is 1.88 bits per heavy atom. The van der Waals surface area contributed by atoms with E-state index in [1.807, 2.05) is 41.2 Å². The van der Waals surface area contributed by atoms with E-state index in [1.165, 1.54) is 6.07 Å². The van der Waals surface area contributed by atoms with E-state index in [9.17, 15) is 9.50 Å². The Bertz CT molecular complexity index is 868. The summed E-state index contributed by atoms with van der Waals surface area (Å²) < 4.78 is 15.4. The van der Waals surface area contributed by atoms with Crippen molar-refractivity contribution in [2.24, 2.45) is 0 Å². The summed E-state index contributed by atoms with van der Waals surface area (Å²) >= 11 is 0. The van der Waals surface area contributed by atoms with E-state index in [1.54, 1.807) is 12.1 Å². The maximum atomic E-state index is 13.3. The van der Waals surface area contributed by atoms with Crippen LogP contribution in [0, 0.1) is 5.82 Å². The van der Waals surface area contributed by atoms with Gasteiger partial charge in [-0.25, -0.2) is 9.37 Å². The number of hydrogen-bond acceptors (Lipinski definition) is 3. The molecule has 0 aliphatic carbocycles. The Labute approximate surface area is 146 Å². The van der Waals surface area contributed by atoms with Gasteiger partial charge in [-0.05, 0) is 42.7 Å². The molecule has 2 aromatic carbocycles. The third kappa shape index (κ3) is 3.57. The summed E-state index contributed by atoms with van der Waals surface area (Å²) in [6, 6.07) is 14.7.